The lowest BCUT2D eigenvalue weighted by molar-refractivity contribution is 0.103. The maximum absolute atomic E-state index is 12.2. The first kappa shape index (κ1) is 12.1. The summed E-state index contributed by atoms with van der Waals surface area (Å²) in [5.74, 6) is -0.103. The van der Waals surface area contributed by atoms with Crippen LogP contribution in [0.25, 0.3) is 0 Å². The second kappa shape index (κ2) is 4.86. The summed E-state index contributed by atoms with van der Waals surface area (Å²) in [6.45, 7) is 1.80. The van der Waals surface area contributed by atoms with Crippen LogP contribution in [0, 0.1) is 6.92 Å². The van der Waals surface area contributed by atoms with Crippen molar-refractivity contribution in [1.29, 1.82) is 0 Å². The van der Waals surface area contributed by atoms with Crippen LogP contribution in [-0.2, 0) is 0 Å². The molecule has 0 aliphatic carbocycles. The van der Waals surface area contributed by atoms with Gasteiger partial charge in [-0.3, -0.25) is 9.78 Å². The van der Waals surface area contributed by atoms with E-state index in [4.69, 9.17) is 23.2 Å². The lowest BCUT2D eigenvalue weighted by Crippen LogP contribution is -2.04. The number of carbonyl (C=O) groups excluding carboxylic acids is 1. The normalized spacial score (nSPS) is 10.3. The highest BCUT2D eigenvalue weighted by Crippen LogP contribution is 2.24. The van der Waals surface area contributed by atoms with Gasteiger partial charge < -0.3 is 0 Å². The minimum absolute atomic E-state index is 0.103. The summed E-state index contributed by atoms with van der Waals surface area (Å²) in [5.41, 5.74) is 1.78. The molecule has 0 aliphatic heterocycles. The number of nitrogens with zero attached hydrogens (tertiary/aromatic N) is 1. The third-order valence-electron chi connectivity index (χ3n) is 2.43. The molecule has 0 atom stereocenters. The highest BCUT2D eigenvalue weighted by Gasteiger charge is 2.13. The first-order valence-electron chi connectivity index (χ1n) is 5.01. The van der Waals surface area contributed by atoms with Crippen molar-refractivity contribution in [3.05, 3.63) is 63.4 Å². The van der Waals surface area contributed by atoms with Gasteiger partial charge in [0.1, 0.15) is 0 Å². The Hall–Kier alpha value is -1.38. The smallest absolute Gasteiger partial charge is 0.194 e. The molecule has 1 aromatic heterocycles. The van der Waals surface area contributed by atoms with Crippen LogP contribution in [-0.4, -0.2) is 10.8 Å². The van der Waals surface area contributed by atoms with Gasteiger partial charge in [-0.15, -0.1) is 0 Å². The molecule has 0 amide bonds. The van der Waals surface area contributed by atoms with Gasteiger partial charge in [0.15, 0.2) is 5.78 Å². The Labute approximate surface area is 109 Å². The number of halogens is 2. The maximum Gasteiger partial charge on any atom is 0.194 e. The molecule has 2 aromatic rings. The van der Waals surface area contributed by atoms with Gasteiger partial charge >= 0.3 is 0 Å². The summed E-state index contributed by atoms with van der Waals surface area (Å²) in [4.78, 5) is 16.3. The zero-order valence-electron chi connectivity index (χ0n) is 9.08. The Kier molecular flexibility index (Phi) is 3.46. The number of aryl methyl sites for hydroxylation is 1. The molecular formula is C13H9Cl2NO. The molecule has 86 valence electrons. The minimum atomic E-state index is -0.103. The quantitative estimate of drug-likeness (QED) is 0.771. The van der Waals surface area contributed by atoms with Crippen molar-refractivity contribution in [3.63, 3.8) is 0 Å². The summed E-state index contributed by atoms with van der Waals surface area (Å²) in [6.07, 6.45) is 1.65. The first-order valence-corrected chi connectivity index (χ1v) is 5.76. The molecule has 4 heteroatoms. The molecule has 0 bridgehead atoms. The van der Waals surface area contributed by atoms with Crippen molar-refractivity contribution in [3.8, 4) is 0 Å². The van der Waals surface area contributed by atoms with Gasteiger partial charge in [-0.05, 0) is 37.3 Å². The molecule has 2 rings (SSSR count). The topological polar surface area (TPSA) is 30.0 Å². The summed E-state index contributed by atoms with van der Waals surface area (Å²) in [6, 6.07) is 8.31. The fourth-order valence-electron chi connectivity index (χ4n) is 1.52. The van der Waals surface area contributed by atoms with Gasteiger partial charge in [-0.1, -0.05) is 23.2 Å². The van der Waals surface area contributed by atoms with Crippen molar-refractivity contribution in [2.24, 2.45) is 0 Å². The van der Waals surface area contributed by atoms with E-state index in [-0.39, 0.29) is 5.78 Å². The van der Waals surface area contributed by atoms with Crippen molar-refractivity contribution in [2.45, 2.75) is 6.92 Å². The highest BCUT2D eigenvalue weighted by molar-refractivity contribution is 6.42. The Morgan fingerprint density at radius 3 is 2.59 bits per heavy atom. The lowest BCUT2D eigenvalue weighted by Gasteiger charge is -2.04. The third-order valence-corrected chi connectivity index (χ3v) is 3.17. The molecule has 2 nitrogen and oxygen atoms in total. The van der Waals surface area contributed by atoms with Gasteiger partial charge in [-0.25, -0.2) is 0 Å². The molecule has 0 spiro atoms. The number of benzene rings is 1. The van der Waals surface area contributed by atoms with Gasteiger partial charge in [0, 0.05) is 23.0 Å². The van der Waals surface area contributed by atoms with Crippen molar-refractivity contribution < 1.29 is 4.79 Å². The van der Waals surface area contributed by atoms with Crippen molar-refractivity contribution >= 4 is 29.0 Å². The van der Waals surface area contributed by atoms with E-state index in [0.717, 1.165) is 0 Å². The number of aromatic nitrogens is 1. The lowest BCUT2D eigenvalue weighted by atomic mass is 10.0. The Balaban J connectivity index is 2.44. The fourth-order valence-corrected chi connectivity index (χ4v) is 1.82. The predicted molar refractivity (Wildman–Crippen MR) is 68.9 cm³/mol. The first-order chi connectivity index (χ1) is 8.09. The van der Waals surface area contributed by atoms with E-state index in [1.807, 2.05) is 0 Å². The summed E-state index contributed by atoms with van der Waals surface area (Å²) in [5, 5.41) is 0.810. The summed E-state index contributed by atoms with van der Waals surface area (Å²) in [7, 11) is 0. The average Bonchev–Trinajstić information content (AvgIpc) is 2.32. The second-order valence-electron chi connectivity index (χ2n) is 3.59. The maximum atomic E-state index is 12.2. The number of hydrogen-bond acceptors (Lipinski definition) is 2. The average molecular weight is 266 g/mol. The monoisotopic (exact) mass is 265 g/mol. The SMILES string of the molecule is Cc1ncccc1C(=O)c1ccc(Cl)c(Cl)c1. The molecular weight excluding hydrogens is 257 g/mol. The van der Waals surface area contributed by atoms with E-state index in [2.05, 4.69) is 4.98 Å². The standard InChI is InChI=1S/C13H9Cl2NO/c1-8-10(3-2-6-16-8)13(17)9-4-5-11(14)12(15)7-9/h2-7H,1H3. The molecule has 0 radical (unpaired) electrons. The van der Waals surface area contributed by atoms with Crippen LogP contribution in [0.4, 0.5) is 0 Å². The number of carbonyl (C=O) groups is 1. The predicted octanol–water partition coefficient (Wildman–Crippen LogP) is 3.93. The summed E-state index contributed by atoms with van der Waals surface area (Å²) >= 11 is 11.7. The van der Waals surface area contributed by atoms with E-state index in [1.54, 1.807) is 43.5 Å². The van der Waals surface area contributed by atoms with E-state index in [1.165, 1.54) is 0 Å². The van der Waals surface area contributed by atoms with Crippen LogP contribution in [0.1, 0.15) is 21.6 Å². The van der Waals surface area contributed by atoms with E-state index in [9.17, 15) is 4.79 Å². The van der Waals surface area contributed by atoms with E-state index < -0.39 is 0 Å². The Morgan fingerprint density at radius 1 is 1.18 bits per heavy atom. The van der Waals surface area contributed by atoms with Crippen LogP contribution in [0.2, 0.25) is 10.0 Å². The molecule has 0 unspecified atom stereocenters. The van der Waals surface area contributed by atoms with Crippen molar-refractivity contribution in [2.75, 3.05) is 0 Å². The minimum Gasteiger partial charge on any atom is -0.289 e. The zero-order valence-corrected chi connectivity index (χ0v) is 10.6. The van der Waals surface area contributed by atoms with Gasteiger partial charge in [0.05, 0.1) is 10.0 Å². The molecule has 1 aromatic carbocycles. The molecule has 0 saturated heterocycles. The van der Waals surface area contributed by atoms with Crippen molar-refractivity contribution in [1.82, 2.24) is 4.98 Å². The van der Waals surface area contributed by atoms with E-state index >= 15 is 0 Å². The molecule has 0 aliphatic rings. The molecule has 1 heterocycles. The number of pyridine rings is 1. The third kappa shape index (κ3) is 2.48. The highest BCUT2D eigenvalue weighted by atomic mass is 35.5. The zero-order chi connectivity index (χ0) is 12.4. The Bertz CT molecular complexity index is 581. The second-order valence-corrected chi connectivity index (χ2v) is 4.41. The molecule has 0 saturated carbocycles. The number of rotatable bonds is 2. The largest absolute Gasteiger partial charge is 0.289 e. The van der Waals surface area contributed by atoms with Crippen LogP contribution < -0.4 is 0 Å². The molecule has 17 heavy (non-hydrogen) atoms. The van der Waals surface area contributed by atoms with E-state index in [0.29, 0.717) is 26.9 Å². The van der Waals surface area contributed by atoms with Crippen LogP contribution in [0.5, 0.6) is 0 Å². The van der Waals surface area contributed by atoms with Gasteiger partial charge in [0.2, 0.25) is 0 Å². The number of hydrogen-bond donors (Lipinski definition) is 0. The van der Waals surface area contributed by atoms with Crippen LogP contribution in [0.15, 0.2) is 36.5 Å². The fraction of sp³-hybridized carbons (Fsp3) is 0.0769. The van der Waals surface area contributed by atoms with Gasteiger partial charge in [0.25, 0.3) is 0 Å². The van der Waals surface area contributed by atoms with Crippen LogP contribution >= 0.6 is 23.2 Å². The summed E-state index contributed by atoms with van der Waals surface area (Å²) < 4.78 is 0. The van der Waals surface area contributed by atoms with Gasteiger partial charge in [-0.2, -0.15) is 0 Å². The Morgan fingerprint density at radius 2 is 1.94 bits per heavy atom. The molecule has 0 N–H and O–H groups in total. The number of ketones is 1. The van der Waals surface area contributed by atoms with Crippen LogP contribution in [0.3, 0.4) is 0 Å². The molecule has 0 fully saturated rings.